The summed E-state index contributed by atoms with van der Waals surface area (Å²) in [6.07, 6.45) is 0. The van der Waals surface area contributed by atoms with Gasteiger partial charge in [-0.05, 0) is 54.4 Å². The predicted molar refractivity (Wildman–Crippen MR) is 131 cm³/mol. The van der Waals surface area contributed by atoms with E-state index < -0.39 is 6.04 Å². The molecule has 1 aliphatic rings. The smallest absolute Gasteiger partial charge is 0.273 e. The summed E-state index contributed by atoms with van der Waals surface area (Å²) in [4.78, 5) is 15.3. The minimum Gasteiger partial charge on any atom is -0.507 e. The quantitative estimate of drug-likeness (QED) is 0.333. The van der Waals surface area contributed by atoms with Crippen LogP contribution in [0.25, 0.3) is 11.3 Å². The van der Waals surface area contributed by atoms with Crippen LogP contribution in [0.3, 0.4) is 0 Å². The van der Waals surface area contributed by atoms with Crippen LogP contribution in [0.2, 0.25) is 10.0 Å². The summed E-state index contributed by atoms with van der Waals surface area (Å²) in [5.41, 5.74) is 3.64. The Kier molecular flexibility index (Phi) is 5.94. The number of halogens is 2. The Balaban J connectivity index is 1.68. The molecule has 1 amide bonds. The summed E-state index contributed by atoms with van der Waals surface area (Å²) in [5, 5.41) is 18.9. The van der Waals surface area contributed by atoms with Gasteiger partial charge in [-0.1, -0.05) is 53.5 Å². The number of hydrogen-bond donors (Lipinski definition) is 2. The molecule has 1 unspecified atom stereocenters. The second-order valence-corrected chi connectivity index (χ2v) is 8.80. The summed E-state index contributed by atoms with van der Waals surface area (Å²) in [6.45, 7) is 2.74. The first-order valence-corrected chi connectivity index (χ1v) is 11.6. The molecule has 172 valence electrons. The van der Waals surface area contributed by atoms with Gasteiger partial charge in [0.1, 0.15) is 22.9 Å². The van der Waals surface area contributed by atoms with Gasteiger partial charge in [0.15, 0.2) is 0 Å². The van der Waals surface area contributed by atoms with Crippen LogP contribution in [0, 0.1) is 0 Å². The van der Waals surface area contributed by atoms with Gasteiger partial charge < -0.3 is 14.7 Å². The molecule has 0 radical (unpaired) electrons. The standard InChI is InChI=1S/C26H21Cl2N3O3/c1-2-34-18-8-5-7-15(12-18)25-22-23(19-13-17(27)10-11-21(19)32)29-30-24(22)26(33)31(25)14-16-6-3-4-9-20(16)28/h3-13,25,32H,2,14H2,1H3,(H,29,30). The molecule has 1 atom stereocenters. The van der Waals surface area contributed by atoms with E-state index in [1.165, 1.54) is 6.07 Å². The lowest BCUT2D eigenvalue weighted by atomic mass is 9.95. The van der Waals surface area contributed by atoms with Gasteiger partial charge >= 0.3 is 0 Å². The zero-order valence-electron chi connectivity index (χ0n) is 18.3. The van der Waals surface area contributed by atoms with Gasteiger partial charge in [-0.2, -0.15) is 5.10 Å². The number of carbonyl (C=O) groups excluding carboxylic acids is 1. The number of nitrogens with one attached hydrogen (secondary N) is 1. The Labute approximate surface area is 206 Å². The number of fused-ring (bicyclic) bond motifs is 1. The fourth-order valence-electron chi connectivity index (χ4n) is 4.36. The van der Waals surface area contributed by atoms with Crippen molar-refractivity contribution in [1.82, 2.24) is 15.1 Å². The van der Waals surface area contributed by atoms with Crippen molar-refractivity contribution in [3.05, 3.63) is 99.2 Å². The van der Waals surface area contributed by atoms with E-state index in [4.69, 9.17) is 27.9 Å². The third-order valence-electron chi connectivity index (χ3n) is 5.86. The third-order valence-corrected chi connectivity index (χ3v) is 6.46. The molecular weight excluding hydrogens is 473 g/mol. The highest BCUT2D eigenvalue weighted by molar-refractivity contribution is 6.31. The lowest BCUT2D eigenvalue weighted by Gasteiger charge is -2.27. The van der Waals surface area contributed by atoms with Gasteiger partial charge in [0.2, 0.25) is 0 Å². The maximum atomic E-state index is 13.6. The second kappa shape index (κ2) is 9.05. The molecule has 5 rings (SSSR count). The van der Waals surface area contributed by atoms with Crippen LogP contribution in [0.1, 0.15) is 40.1 Å². The SMILES string of the molecule is CCOc1cccc(C2c3c(-c4cc(Cl)ccc4O)n[nH]c3C(=O)N2Cc2ccccc2Cl)c1. The molecule has 1 aromatic heterocycles. The lowest BCUT2D eigenvalue weighted by molar-refractivity contribution is 0.0730. The van der Waals surface area contributed by atoms with Crippen molar-refractivity contribution >= 4 is 29.1 Å². The van der Waals surface area contributed by atoms with Crippen LogP contribution < -0.4 is 4.74 Å². The van der Waals surface area contributed by atoms with E-state index in [9.17, 15) is 9.90 Å². The largest absolute Gasteiger partial charge is 0.507 e. The fraction of sp³-hybridized carbons (Fsp3) is 0.154. The molecule has 34 heavy (non-hydrogen) atoms. The minimum atomic E-state index is -0.480. The summed E-state index contributed by atoms with van der Waals surface area (Å²) in [6, 6.07) is 19.4. The Morgan fingerprint density at radius 3 is 2.71 bits per heavy atom. The number of aromatic nitrogens is 2. The van der Waals surface area contributed by atoms with Crippen molar-refractivity contribution in [2.45, 2.75) is 19.5 Å². The number of nitrogens with zero attached hydrogens (tertiary/aromatic N) is 2. The number of rotatable bonds is 6. The molecule has 0 saturated carbocycles. The van der Waals surface area contributed by atoms with E-state index in [0.29, 0.717) is 51.5 Å². The van der Waals surface area contributed by atoms with Crippen molar-refractivity contribution in [1.29, 1.82) is 0 Å². The first kappa shape index (κ1) is 22.3. The van der Waals surface area contributed by atoms with Crippen molar-refractivity contribution < 1.29 is 14.6 Å². The van der Waals surface area contributed by atoms with Crippen LogP contribution in [0.4, 0.5) is 0 Å². The highest BCUT2D eigenvalue weighted by Gasteiger charge is 2.42. The Morgan fingerprint density at radius 2 is 1.91 bits per heavy atom. The number of amides is 1. The van der Waals surface area contributed by atoms with Gasteiger partial charge in [-0.25, -0.2) is 0 Å². The molecule has 8 heteroatoms. The molecule has 2 heterocycles. The molecule has 3 aromatic carbocycles. The maximum absolute atomic E-state index is 13.6. The third kappa shape index (κ3) is 3.89. The first-order chi connectivity index (χ1) is 16.5. The molecule has 0 spiro atoms. The number of benzene rings is 3. The highest BCUT2D eigenvalue weighted by atomic mass is 35.5. The van der Waals surface area contributed by atoms with Crippen LogP contribution in [0.5, 0.6) is 11.5 Å². The molecule has 6 nitrogen and oxygen atoms in total. The van der Waals surface area contributed by atoms with Crippen molar-refractivity contribution in [3.63, 3.8) is 0 Å². The van der Waals surface area contributed by atoms with E-state index >= 15 is 0 Å². The van der Waals surface area contributed by atoms with Gasteiger partial charge in [0, 0.05) is 27.7 Å². The molecule has 0 fully saturated rings. The zero-order chi connectivity index (χ0) is 23.8. The number of aromatic hydroxyl groups is 1. The van der Waals surface area contributed by atoms with Crippen molar-refractivity contribution in [2.75, 3.05) is 6.61 Å². The van der Waals surface area contributed by atoms with E-state index in [1.54, 1.807) is 23.1 Å². The van der Waals surface area contributed by atoms with Crippen molar-refractivity contribution in [3.8, 4) is 22.8 Å². The second-order valence-electron chi connectivity index (χ2n) is 7.95. The van der Waals surface area contributed by atoms with Gasteiger partial charge in [0.05, 0.1) is 12.6 Å². The summed E-state index contributed by atoms with van der Waals surface area (Å²) < 4.78 is 5.72. The number of ether oxygens (including phenoxy) is 1. The van der Waals surface area contributed by atoms with Crippen LogP contribution in [0.15, 0.2) is 66.7 Å². The number of aromatic amines is 1. The zero-order valence-corrected chi connectivity index (χ0v) is 19.8. The van der Waals surface area contributed by atoms with E-state index in [2.05, 4.69) is 10.2 Å². The van der Waals surface area contributed by atoms with Gasteiger partial charge in [-0.3, -0.25) is 9.89 Å². The van der Waals surface area contributed by atoms with Gasteiger partial charge in [0.25, 0.3) is 5.91 Å². The van der Waals surface area contributed by atoms with Crippen LogP contribution >= 0.6 is 23.2 Å². The predicted octanol–water partition coefficient (Wildman–Crippen LogP) is 6.23. The minimum absolute atomic E-state index is 0.0255. The average Bonchev–Trinajstić information content (AvgIpc) is 3.36. The first-order valence-electron chi connectivity index (χ1n) is 10.8. The number of phenolic OH excluding ortho intramolecular Hbond substituents is 1. The topological polar surface area (TPSA) is 78.5 Å². The maximum Gasteiger partial charge on any atom is 0.273 e. The molecule has 4 aromatic rings. The number of phenols is 1. The normalized spacial score (nSPS) is 15.0. The molecule has 0 saturated heterocycles. The monoisotopic (exact) mass is 493 g/mol. The molecule has 0 aliphatic carbocycles. The Bertz CT molecular complexity index is 1390. The fourth-order valence-corrected chi connectivity index (χ4v) is 4.73. The molecule has 1 aliphatic heterocycles. The summed E-state index contributed by atoms with van der Waals surface area (Å²) in [5.74, 6) is 0.522. The molecular formula is C26H21Cl2N3O3. The Morgan fingerprint density at radius 1 is 1.09 bits per heavy atom. The van der Waals surface area contributed by atoms with Crippen LogP contribution in [-0.4, -0.2) is 32.7 Å². The van der Waals surface area contributed by atoms with E-state index in [-0.39, 0.29) is 11.7 Å². The van der Waals surface area contributed by atoms with Crippen LogP contribution in [-0.2, 0) is 6.54 Å². The van der Waals surface area contributed by atoms with E-state index in [0.717, 1.165) is 11.1 Å². The van der Waals surface area contributed by atoms with Crippen molar-refractivity contribution in [2.24, 2.45) is 0 Å². The summed E-state index contributed by atoms with van der Waals surface area (Å²) in [7, 11) is 0. The Hall–Kier alpha value is -3.48. The van der Waals surface area contributed by atoms with Gasteiger partial charge in [-0.15, -0.1) is 0 Å². The summed E-state index contributed by atoms with van der Waals surface area (Å²) >= 11 is 12.7. The number of hydrogen-bond acceptors (Lipinski definition) is 4. The lowest BCUT2D eigenvalue weighted by Crippen LogP contribution is -2.29. The average molecular weight is 494 g/mol. The highest BCUT2D eigenvalue weighted by Crippen LogP contribution is 2.46. The number of carbonyl (C=O) groups is 1. The molecule has 0 bridgehead atoms. The molecule has 2 N–H and O–H groups in total. The van der Waals surface area contributed by atoms with E-state index in [1.807, 2.05) is 49.4 Å². The number of H-pyrrole nitrogens is 1.